The molecule has 9 aromatic rings. The second-order valence-electron chi connectivity index (χ2n) is 24.3. The molecule has 4 bridgehead atoms. The summed E-state index contributed by atoms with van der Waals surface area (Å²) in [6, 6.07) is 36.3. The summed E-state index contributed by atoms with van der Waals surface area (Å²) in [4.78, 5) is 93.8. The molecule has 4 aliphatic rings. The first-order valence-electron chi connectivity index (χ1n) is 33.0. The van der Waals surface area contributed by atoms with Gasteiger partial charge in [0.2, 0.25) is 5.24 Å². The summed E-state index contributed by atoms with van der Waals surface area (Å²) in [5.41, 5.74) is 7.68. The van der Waals surface area contributed by atoms with E-state index in [9.17, 15) is 43.5 Å². The first-order valence-corrected chi connectivity index (χ1v) is 36.9. The normalized spacial score (nSPS) is 16.5. The molecule has 6 unspecified atom stereocenters. The van der Waals surface area contributed by atoms with E-state index in [0.717, 1.165) is 51.4 Å². The van der Waals surface area contributed by atoms with Crippen LogP contribution in [-0.2, 0) is 48.0 Å². The number of rotatable bonds is 16. The summed E-state index contributed by atoms with van der Waals surface area (Å²) < 4.78 is 32.0. The van der Waals surface area contributed by atoms with Gasteiger partial charge in [-0.05, 0) is 261 Å². The van der Waals surface area contributed by atoms with Crippen molar-refractivity contribution in [3.63, 3.8) is 0 Å². The number of nitrogens with one attached hydrogen (secondary N) is 1. The number of fused-ring (bicyclic) bond motifs is 7. The van der Waals surface area contributed by atoms with E-state index < -0.39 is 21.7 Å². The number of methoxy groups -OCH3 is 3. The van der Waals surface area contributed by atoms with E-state index in [-0.39, 0.29) is 53.6 Å². The predicted molar refractivity (Wildman–Crippen MR) is 422 cm³/mol. The van der Waals surface area contributed by atoms with Crippen molar-refractivity contribution in [3.05, 3.63) is 217 Å². The zero-order chi connectivity index (χ0) is 78.9. The van der Waals surface area contributed by atoms with Crippen molar-refractivity contribution < 1.29 is 68.9 Å². The average Bonchev–Trinajstić information content (AvgIpc) is 1.62. The fourth-order valence-electron chi connectivity index (χ4n) is 13.3. The molecule has 0 saturated heterocycles. The standard InChI is InChI=1S/C27H26ClNO4.C19H15Cl2NO3.C19H16ClNO4.C8H12O.C2Cl2O2.2CH2Cl2.BHN/c1-16-23(14-26(30)33-15-20-12-17-3-4-19(20)11-17)24-13-22(32-2)9-10-25(24)29(16)27(31)18-5-7-21(28)8-6-18;1-11-15(10-18(21)23)16-9-14(25-2)7-8-17(16)22(11)19(24)12-3-5-13(20)6-4-12;1-11-15(10-18(22)23)16-9-14(25-2)7-8-17(16)21(11)19(24)12-3-5-13(20)6-4-12;9-5-8-4-6-1-2-7(8)3-6;3-1(5)2(4)6;2*2-1-3;1-2/h3-10,13,17,19-20H,11-12,14-15H2,1-2H3;3-9H,10H2,1-2H3;3-9H,10H2,1-2H3,(H,22,23);1-2,6-9H,3-5H2;;2*1H2;2H/i;;;;;;;2D. The number of hydrogen-bond acceptors (Lipinski definition) is 14. The fraction of sp³-hybridized carbons (Fsp3) is 0.299. The molecule has 0 amide bonds. The summed E-state index contributed by atoms with van der Waals surface area (Å²) in [6.45, 7) is 6.26. The van der Waals surface area contributed by atoms with Gasteiger partial charge in [-0.2, -0.15) is 0 Å². The van der Waals surface area contributed by atoms with Crippen molar-refractivity contribution >= 4 is 202 Å². The molecular weight excluding hydrogens is 1570 g/mol. The summed E-state index contributed by atoms with van der Waals surface area (Å²) in [7, 11) is 8.85. The number of alkyl halides is 4. The zero-order valence-electron chi connectivity index (χ0n) is 59.1. The van der Waals surface area contributed by atoms with Crippen molar-refractivity contribution in [1.82, 2.24) is 13.7 Å². The number of hydrogen-bond donors (Lipinski definition) is 3. The number of nitrogens with zero attached hydrogens (tertiary/aromatic N) is 3. The zero-order valence-corrected chi connectivity index (χ0v) is 65.7. The van der Waals surface area contributed by atoms with E-state index in [4.69, 9.17) is 118 Å². The van der Waals surface area contributed by atoms with Gasteiger partial charge in [-0.1, -0.05) is 59.1 Å². The number of halogens is 10. The van der Waals surface area contributed by atoms with Gasteiger partial charge in [-0.3, -0.25) is 52.1 Å². The fourth-order valence-corrected chi connectivity index (χ4v) is 13.8. The molecule has 0 aliphatic heterocycles. The monoisotopic (exact) mass is 1640 g/mol. The van der Waals surface area contributed by atoms with E-state index >= 15 is 0 Å². The minimum atomic E-state index is -1.14. The summed E-state index contributed by atoms with van der Waals surface area (Å²) >= 11 is 51.4. The van der Waals surface area contributed by atoms with Gasteiger partial charge >= 0.3 is 36.8 Å². The third-order valence-corrected chi connectivity index (χ3v) is 19.5. The molecule has 559 valence electrons. The molecule has 3 heterocycles. The Hall–Kier alpha value is -7.50. The number of aliphatic hydroxyl groups is 1. The summed E-state index contributed by atoms with van der Waals surface area (Å²) in [5, 5.41) is 21.9. The van der Waals surface area contributed by atoms with Crippen molar-refractivity contribution in [1.29, 1.82) is 5.31 Å². The van der Waals surface area contributed by atoms with Crippen LogP contribution in [0.15, 0.2) is 152 Å². The maximum atomic E-state index is 13.4. The molecular formula is C77H74BCl10N4O14. The Morgan fingerprint density at radius 2 is 0.802 bits per heavy atom. The molecule has 3 aromatic heterocycles. The number of carbonyl (C=O) groups is 8. The Bertz CT molecular complexity index is 4550. The van der Waals surface area contributed by atoms with Crippen LogP contribution < -0.4 is 14.2 Å². The van der Waals surface area contributed by atoms with Gasteiger partial charge in [0.25, 0.3) is 17.7 Å². The van der Waals surface area contributed by atoms with Crippen LogP contribution in [0.3, 0.4) is 0 Å². The van der Waals surface area contributed by atoms with E-state index in [0.29, 0.717) is 119 Å². The van der Waals surface area contributed by atoms with Crippen LogP contribution in [0, 0.1) is 61.6 Å². The first kappa shape index (κ1) is 85.8. The van der Waals surface area contributed by atoms with Crippen molar-refractivity contribution in [2.75, 3.05) is 45.2 Å². The number of aliphatic hydroxyl groups excluding tert-OH is 1. The molecule has 29 heteroatoms. The minimum absolute atomic E-state index is 0.0396. The van der Waals surface area contributed by atoms with Crippen LogP contribution >= 0.6 is 116 Å². The Labute approximate surface area is 665 Å². The molecule has 18 nitrogen and oxygen atoms in total. The van der Waals surface area contributed by atoms with Gasteiger partial charge in [0, 0.05) is 78.0 Å². The molecule has 6 atom stereocenters. The summed E-state index contributed by atoms with van der Waals surface area (Å²) in [6.07, 6.45) is 13.9. The predicted octanol–water partition coefficient (Wildman–Crippen LogP) is 18.6. The quantitative estimate of drug-likeness (QED) is 0.0203. The van der Waals surface area contributed by atoms with E-state index in [1.807, 2.05) is 31.2 Å². The summed E-state index contributed by atoms with van der Waals surface area (Å²) in [5.74, 6) is 3.81. The van der Waals surface area contributed by atoms with Crippen LogP contribution in [0.1, 0.15) is 90.5 Å². The number of benzene rings is 6. The van der Waals surface area contributed by atoms with Gasteiger partial charge in [0.1, 0.15) is 17.2 Å². The first-order chi connectivity index (χ1) is 51.1. The number of carbonyl (C=O) groups excluding carboxylic acids is 7. The van der Waals surface area contributed by atoms with Crippen LogP contribution in [-0.4, -0.2) is 122 Å². The molecule has 4 aliphatic carbocycles. The molecule has 1 radical (unpaired) electrons. The number of carboxylic acids is 1. The molecule has 13 rings (SSSR count). The van der Waals surface area contributed by atoms with Gasteiger partial charge in [-0.25, -0.2) is 0 Å². The molecule has 6 aromatic carbocycles. The van der Waals surface area contributed by atoms with Crippen LogP contribution in [0.2, 0.25) is 16.5 Å². The topological polar surface area (TPSA) is 253 Å². The average molecular weight is 1650 g/mol. The Balaban J connectivity index is 0.000000219. The maximum absolute atomic E-state index is 13.4. The number of aromatic nitrogens is 3. The molecule has 2 fully saturated rings. The van der Waals surface area contributed by atoms with Gasteiger partial charge in [0.05, 0.1) is 68.0 Å². The van der Waals surface area contributed by atoms with Crippen LogP contribution in [0.4, 0.5) is 0 Å². The third kappa shape index (κ3) is 22.8. The van der Waals surface area contributed by atoms with Crippen molar-refractivity contribution in [2.24, 2.45) is 35.5 Å². The van der Waals surface area contributed by atoms with Gasteiger partial charge in [0.15, 0.2) is 0 Å². The third-order valence-electron chi connectivity index (χ3n) is 18.2. The van der Waals surface area contributed by atoms with E-state index in [1.165, 1.54) is 23.8 Å². The second kappa shape index (κ2) is 42.3. The number of allylic oxidation sites excluding steroid dienone is 4. The Kier molecular flexibility index (Phi) is 34.2. The Morgan fingerprint density at radius 1 is 0.491 bits per heavy atom. The molecule has 106 heavy (non-hydrogen) atoms. The number of aliphatic carboxylic acids is 1. The van der Waals surface area contributed by atoms with Crippen LogP contribution in [0.5, 0.6) is 17.2 Å². The van der Waals surface area contributed by atoms with Crippen LogP contribution in [0.25, 0.3) is 32.7 Å². The van der Waals surface area contributed by atoms with E-state index in [1.54, 1.807) is 147 Å². The molecule has 3 N–H and O–H groups in total. The van der Waals surface area contributed by atoms with Crippen molar-refractivity contribution in [2.45, 2.75) is 65.7 Å². The van der Waals surface area contributed by atoms with Gasteiger partial charge < -0.3 is 29.2 Å². The Morgan fingerprint density at radius 3 is 1.06 bits per heavy atom. The van der Waals surface area contributed by atoms with Crippen molar-refractivity contribution in [3.8, 4) is 17.2 Å². The SMILES string of the molecule is COc1ccc2c(c1)c(CC(=O)Cl)c(C)n2C(=O)c1ccc(Cl)cc1.COc1ccc2c(c1)c(CC(=O)O)c(C)n2C(=O)c1ccc(Cl)cc1.COc1ccc2c(c1)c(CC(=O)OCC1CC3C=CC1C3)c(C)n2C(=O)c1ccc(Cl)cc1.ClCCl.ClCCl.O=C(Cl)C(=O)Cl.OCC1CC2C=CC1C2.[2H]N=[B]. The number of carboxylic acid groups (broad SMARTS) is 1. The van der Waals surface area contributed by atoms with Gasteiger partial charge in [-0.15, -0.1) is 46.4 Å². The second-order valence-corrected chi connectivity index (χ2v) is 28.3. The number of esters is 1. The number of ether oxygens (including phenoxy) is 4. The van der Waals surface area contributed by atoms with E-state index in [2.05, 4.69) is 60.4 Å². The molecule has 0 spiro atoms. The molecule has 2 saturated carbocycles.